The predicted octanol–water partition coefficient (Wildman–Crippen LogP) is 0.218. The number of aromatic amines is 1. The number of carbonyl (C=O) groups is 1. The standard InChI is InChI=1S/C16H18BrClN2O6/c1-7(21)19-11-12(22)26-16(17,14(18)24)13(23)15(11,25)10-6-8-4-2-3-5-9(8)20-10/h2-6,11-14,20,22-25H,1H3,(H,19,21)/t11-,12?,13-,14?,15+,16-/m0/s1/i1D. The smallest absolute Gasteiger partial charge is 0.217 e. The number of para-hydroxylation sites is 1. The number of carbonyl (C=O) groups excluding carboxylic acids is 1. The van der Waals surface area contributed by atoms with E-state index in [0.29, 0.717) is 10.9 Å². The molecule has 0 saturated carbocycles. The molecule has 1 amide bonds. The normalized spacial score (nSPS) is 36.5. The summed E-state index contributed by atoms with van der Waals surface area (Å²) in [5.41, 5.74) is -3.52. The SMILES string of the molecule is [2H]CC(=O)N[C@H]1C(O)O[C@](Br)(C(O)Cl)[C@@H](O)[C@@]1(O)c1cc2ccccc2[nH]1. The monoisotopic (exact) mass is 449 g/mol. The molecule has 1 aromatic heterocycles. The lowest BCUT2D eigenvalue weighted by Crippen LogP contribution is -2.73. The van der Waals surface area contributed by atoms with E-state index >= 15 is 0 Å². The third-order valence-electron chi connectivity index (χ3n) is 4.45. The van der Waals surface area contributed by atoms with E-state index < -0.39 is 46.9 Å². The van der Waals surface area contributed by atoms with Crippen LogP contribution in [0.25, 0.3) is 10.9 Å². The number of alkyl halides is 2. The number of benzene rings is 1. The molecule has 8 nitrogen and oxygen atoms in total. The number of nitrogens with one attached hydrogen (secondary N) is 2. The van der Waals surface area contributed by atoms with Gasteiger partial charge in [-0.3, -0.25) is 4.79 Å². The predicted molar refractivity (Wildman–Crippen MR) is 96.4 cm³/mol. The van der Waals surface area contributed by atoms with Crippen LogP contribution in [0.2, 0.25) is 0 Å². The minimum atomic E-state index is -2.35. The topological polar surface area (TPSA) is 135 Å². The van der Waals surface area contributed by atoms with Gasteiger partial charge < -0.3 is 35.5 Å². The molecule has 26 heavy (non-hydrogen) atoms. The number of fused-ring (bicyclic) bond motifs is 1. The minimum Gasteiger partial charge on any atom is -0.385 e. The Hall–Kier alpha value is -1.20. The van der Waals surface area contributed by atoms with Gasteiger partial charge in [0.05, 0.1) is 5.69 Å². The van der Waals surface area contributed by atoms with Gasteiger partial charge in [-0.2, -0.15) is 0 Å². The second-order valence-electron chi connectivity index (χ2n) is 6.09. The van der Waals surface area contributed by atoms with Crippen molar-refractivity contribution in [2.75, 3.05) is 0 Å². The molecule has 3 rings (SSSR count). The first-order valence-electron chi connectivity index (χ1n) is 8.29. The molecule has 2 aromatic rings. The number of aliphatic hydroxyl groups is 4. The zero-order valence-electron chi connectivity index (χ0n) is 14.3. The molecule has 1 aliphatic heterocycles. The molecule has 1 fully saturated rings. The number of amides is 1. The van der Waals surface area contributed by atoms with Crippen molar-refractivity contribution in [3.63, 3.8) is 0 Å². The van der Waals surface area contributed by atoms with Crippen LogP contribution in [0, 0.1) is 0 Å². The van der Waals surface area contributed by atoms with Gasteiger partial charge in [-0.15, -0.1) is 0 Å². The van der Waals surface area contributed by atoms with Crippen LogP contribution in [0.1, 0.15) is 14.0 Å². The largest absolute Gasteiger partial charge is 0.385 e. The Morgan fingerprint density at radius 2 is 2.19 bits per heavy atom. The van der Waals surface area contributed by atoms with Crippen molar-refractivity contribution in [1.82, 2.24) is 10.3 Å². The van der Waals surface area contributed by atoms with E-state index in [1.807, 2.05) is 0 Å². The van der Waals surface area contributed by atoms with Crippen molar-refractivity contribution in [1.29, 1.82) is 0 Å². The summed E-state index contributed by atoms with van der Waals surface area (Å²) in [4.78, 5) is 14.7. The highest BCUT2D eigenvalue weighted by Gasteiger charge is 2.65. The Morgan fingerprint density at radius 3 is 2.81 bits per heavy atom. The number of aliphatic hydroxyl groups excluding tert-OH is 3. The molecule has 2 unspecified atom stereocenters. The van der Waals surface area contributed by atoms with Crippen molar-refractivity contribution in [2.45, 2.75) is 41.0 Å². The first-order chi connectivity index (χ1) is 12.6. The molecule has 1 saturated heterocycles. The van der Waals surface area contributed by atoms with Crippen molar-refractivity contribution in [2.24, 2.45) is 0 Å². The van der Waals surface area contributed by atoms with E-state index in [4.69, 9.17) is 17.7 Å². The van der Waals surface area contributed by atoms with Crippen LogP contribution in [0.5, 0.6) is 0 Å². The number of H-pyrrole nitrogens is 1. The second-order valence-corrected chi connectivity index (χ2v) is 7.74. The molecule has 2 heterocycles. The molecule has 0 bridgehead atoms. The summed E-state index contributed by atoms with van der Waals surface area (Å²) in [5.74, 6) is -0.808. The first kappa shape index (κ1) is 18.2. The maximum Gasteiger partial charge on any atom is 0.217 e. The number of hydrogen-bond donors (Lipinski definition) is 6. The van der Waals surface area contributed by atoms with Crippen LogP contribution < -0.4 is 5.32 Å². The van der Waals surface area contributed by atoms with Crippen molar-refractivity contribution in [3.8, 4) is 0 Å². The first-order valence-corrected chi connectivity index (χ1v) is 8.81. The summed E-state index contributed by atoms with van der Waals surface area (Å²) in [6, 6.07) is 7.01. The third kappa shape index (κ3) is 2.93. The highest BCUT2D eigenvalue weighted by molar-refractivity contribution is 9.10. The fourth-order valence-corrected chi connectivity index (χ4v) is 3.86. The average molecular weight is 451 g/mol. The van der Waals surface area contributed by atoms with Crippen LogP contribution in [0.15, 0.2) is 30.3 Å². The van der Waals surface area contributed by atoms with Gasteiger partial charge in [-0.05, 0) is 33.4 Å². The Morgan fingerprint density at radius 1 is 1.50 bits per heavy atom. The van der Waals surface area contributed by atoms with Crippen LogP contribution >= 0.6 is 27.5 Å². The van der Waals surface area contributed by atoms with Crippen LogP contribution in [0.3, 0.4) is 0 Å². The van der Waals surface area contributed by atoms with Crippen LogP contribution in [-0.2, 0) is 15.1 Å². The van der Waals surface area contributed by atoms with Gasteiger partial charge >= 0.3 is 0 Å². The van der Waals surface area contributed by atoms with Crippen LogP contribution in [0.4, 0.5) is 0 Å². The maximum atomic E-state index is 11.8. The summed E-state index contributed by atoms with van der Waals surface area (Å²) >= 11 is 8.66. The van der Waals surface area contributed by atoms with Gasteiger partial charge in [0.15, 0.2) is 22.0 Å². The lowest BCUT2D eigenvalue weighted by atomic mass is 9.79. The van der Waals surface area contributed by atoms with Gasteiger partial charge in [-0.1, -0.05) is 29.8 Å². The highest BCUT2D eigenvalue weighted by atomic mass is 79.9. The van der Waals surface area contributed by atoms with E-state index in [1.165, 1.54) is 6.07 Å². The van der Waals surface area contributed by atoms with Gasteiger partial charge in [0, 0.05) is 13.8 Å². The molecular weight excluding hydrogens is 432 g/mol. The molecule has 6 N–H and O–H groups in total. The van der Waals surface area contributed by atoms with E-state index in [1.54, 1.807) is 24.3 Å². The quantitative estimate of drug-likeness (QED) is 0.370. The van der Waals surface area contributed by atoms with Crippen LogP contribution in [-0.4, -0.2) is 59.8 Å². The molecule has 1 aromatic carbocycles. The maximum absolute atomic E-state index is 11.8. The summed E-state index contributed by atoms with van der Waals surface area (Å²) in [6.07, 6.45) is -3.79. The highest BCUT2D eigenvalue weighted by Crippen LogP contribution is 2.47. The number of rotatable bonds is 3. The zero-order chi connectivity index (χ0) is 20.0. The van der Waals surface area contributed by atoms with Gasteiger partial charge in [0.25, 0.3) is 0 Å². The summed E-state index contributed by atoms with van der Waals surface area (Å²) in [6.45, 7) is -0.667. The summed E-state index contributed by atoms with van der Waals surface area (Å²) < 4.78 is 10.2. The van der Waals surface area contributed by atoms with Gasteiger partial charge in [-0.25, -0.2) is 0 Å². The van der Waals surface area contributed by atoms with Gasteiger partial charge in [0.1, 0.15) is 12.1 Å². The summed E-state index contributed by atoms with van der Waals surface area (Å²) in [7, 11) is 0. The third-order valence-corrected chi connectivity index (χ3v) is 6.10. The Kier molecular flexibility index (Phi) is 4.72. The second kappa shape index (κ2) is 6.75. The molecule has 0 aliphatic carbocycles. The molecule has 6 atom stereocenters. The molecular formula is C16H18BrClN2O6. The number of hydrogen-bond acceptors (Lipinski definition) is 6. The number of halogens is 2. The molecule has 0 spiro atoms. The fraction of sp³-hybridized carbons (Fsp3) is 0.438. The lowest BCUT2D eigenvalue weighted by molar-refractivity contribution is -0.306. The Balaban J connectivity index is 2.17. The average Bonchev–Trinajstić information content (AvgIpc) is 3.08. The van der Waals surface area contributed by atoms with Crippen molar-refractivity contribution in [3.05, 3.63) is 36.0 Å². The minimum absolute atomic E-state index is 0.0509. The fourth-order valence-electron chi connectivity index (χ4n) is 3.15. The van der Waals surface area contributed by atoms with Crippen molar-refractivity contribution >= 4 is 44.3 Å². The summed E-state index contributed by atoms with van der Waals surface area (Å²) in [5, 5.41) is 45.6. The van der Waals surface area contributed by atoms with E-state index in [-0.39, 0.29) is 5.69 Å². The van der Waals surface area contributed by atoms with E-state index in [2.05, 4.69) is 26.2 Å². The molecule has 0 radical (unpaired) electrons. The molecule has 142 valence electrons. The van der Waals surface area contributed by atoms with E-state index in [0.717, 1.165) is 0 Å². The Labute approximate surface area is 163 Å². The zero-order valence-corrected chi connectivity index (χ0v) is 15.6. The number of ether oxygens (including phenoxy) is 1. The molecule has 1 aliphatic rings. The lowest BCUT2D eigenvalue weighted by Gasteiger charge is -2.52. The number of aromatic nitrogens is 1. The molecule has 10 heteroatoms. The Bertz CT molecular complexity index is 820. The van der Waals surface area contributed by atoms with Crippen molar-refractivity contribution < 1.29 is 31.3 Å². The van der Waals surface area contributed by atoms with E-state index in [9.17, 15) is 25.2 Å². The van der Waals surface area contributed by atoms with Gasteiger partial charge in [0.2, 0.25) is 5.91 Å².